The van der Waals surface area contributed by atoms with Crippen LogP contribution in [0.3, 0.4) is 0 Å². The average Bonchev–Trinajstić information content (AvgIpc) is 2.85. The molecule has 0 radical (unpaired) electrons. The second-order valence-electron chi connectivity index (χ2n) is 5.08. The maximum Gasteiger partial charge on any atom is 0.239 e. The molecule has 2 heterocycles. The van der Waals surface area contributed by atoms with Crippen molar-refractivity contribution in [3.63, 3.8) is 0 Å². The molecule has 1 saturated heterocycles. The van der Waals surface area contributed by atoms with Crippen LogP contribution >= 0.6 is 0 Å². The average molecular weight is 265 g/mol. The van der Waals surface area contributed by atoms with E-state index in [1.807, 2.05) is 31.3 Å². The van der Waals surface area contributed by atoms with Gasteiger partial charge in [0.15, 0.2) is 0 Å². The molecule has 1 aliphatic rings. The van der Waals surface area contributed by atoms with Crippen molar-refractivity contribution in [2.75, 3.05) is 31.1 Å². The summed E-state index contributed by atoms with van der Waals surface area (Å²) < 4.78 is 1.80. The Bertz CT molecular complexity index is 422. The molecule has 1 unspecified atom stereocenters. The number of carbonyl (C=O) groups excluding carboxylic acids is 1. The number of aryl methyl sites for hydroxylation is 1. The van der Waals surface area contributed by atoms with Crippen LogP contribution in [-0.2, 0) is 11.8 Å². The molecule has 0 aromatic carbocycles. The fourth-order valence-electron chi connectivity index (χ4n) is 2.43. The molecular weight excluding hydrogens is 242 g/mol. The minimum atomic E-state index is -0.338. The number of carbonyl (C=O) groups is 1. The first-order valence-electron chi connectivity index (χ1n) is 6.89. The first kappa shape index (κ1) is 13.9. The number of aromatic nitrogens is 2. The van der Waals surface area contributed by atoms with Gasteiger partial charge in [0.1, 0.15) is 0 Å². The van der Waals surface area contributed by atoms with E-state index < -0.39 is 0 Å². The Balaban J connectivity index is 1.87. The first-order chi connectivity index (χ1) is 9.11. The molecule has 1 aromatic rings. The SMILES string of the molecule is CCCC(N)C(=O)N1CCN(c2cnn(C)c2)CC1. The van der Waals surface area contributed by atoms with E-state index in [4.69, 9.17) is 5.73 Å². The molecule has 1 fully saturated rings. The third kappa shape index (κ3) is 3.26. The second-order valence-corrected chi connectivity index (χ2v) is 5.08. The Kier molecular flexibility index (Phi) is 4.42. The summed E-state index contributed by atoms with van der Waals surface area (Å²) in [5.74, 6) is 0.0905. The zero-order chi connectivity index (χ0) is 13.8. The number of nitrogens with zero attached hydrogens (tertiary/aromatic N) is 4. The Morgan fingerprint density at radius 1 is 1.42 bits per heavy atom. The number of nitrogens with two attached hydrogens (primary N) is 1. The molecule has 2 N–H and O–H groups in total. The quantitative estimate of drug-likeness (QED) is 0.844. The molecule has 1 atom stereocenters. The van der Waals surface area contributed by atoms with Gasteiger partial charge in [-0.2, -0.15) is 5.10 Å². The van der Waals surface area contributed by atoms with Gasteiger partial charge in [0.05, 0.1) is 17.9 Å². The number of piperazine rings is 1. The molecule has 19 heavy (non-hydrogen) atoms. The second kappa shape index (κ2) is 6.06. The largest absolute Gasteiger partial charge is 0.365 e. The lowest BCUT2D eigenvalue weighted by atomic mass is 10.1. The van der Waals surface area contributed by atoms with Gasteiger partial charge in [-0.3, -0.25) is 9.48 Å². The minimum Gasteiger partial charge on any atom is -0.365 e. The van der Waals surface area contributed by atoms with E-state index in [-0.39, 0.29) is 11.9 Å². The fourth-order valence-corrected chi connectivity index (χ4v) is 2.43. The van der Waals surface area contributed by atoms with Crippen molar-refractivity contribution in [3.05, 3.63) is 12.4 Å². The lowest BCUT2D eigenvalue weighted by Gasteiger charge is -2.36. The van der Waals surface area contributed by atoms with Gasteiger partial charge in [-0.05, 0) is 6.42 Å². The van der Waals surface area contributed by atoms with E-state index in [0.29, 0.717) is 0 Å². The van der Waals surface area contributed by atoms with Gasteiger partial charge < -0.3 is 15.5 Å². The summed E-state index contributed by atoms with van der Waals surface area (Å²) in [7, 11) is 1.91. The van der Waals surface area contributed by atoms with Crippen LogP contribution in [0, 0.1) is 0 Å². The normalized spacial score (nSPS) is 17.6. The number of hydrogen-bond acceptors (Lipinski definition) is 4. The molecule has 1 aromatic heterocycles. The molecule has 0 saturated carbocycles. The number of hydrogen-bond donors (Lipinski definition) is 1. The summed E-state index contributed by atoms with van der Waals surface area (Å²) in [4.78, 5) is 16.2. The van der Waals surface area contributed by atoms with Gasteiger partial charge in [-0.1, -0.05) is 13.3 Å². The van der Waals surface area contributed by atoms with Gasteiger partial charge in [0, 0.05) is 39.4 Å². The van der Waals surface area contributed by atoms with E-state index in [0.717, 1.165) is 44.7 Å². The highest BCUT2D eigenvalue weighted by Crippen LogP contribution is 2.15. The lowest BCUT2D eigenvalue weighted by Crippen LogP contribution is -2.53. The summed E-state index contributed by atoms with van der Waals surface area (Å²) in [5.41, 5.74) is 7.01. The van der Waals surface area contributed by atoms with E-state index in [1.165, 1.54) is 0 Å². The van der Waals surface area contributed by atoms with Gasteiger partial charge in [0.25, 0.3) is 0 Å². The smallest absolute Gasteiger partial charge is 0.239 e. The summed E-state index contributed by atoms with van der Waals surface area (Å²) in [5, 5.41) is 4.17. The molecule has 106 valence electrons. The van der Waals surface area contributed by atoms with Crippen molar-refractivity contribution < 1.29 is 4.79 Å². The van der Waals surface area contributed by atoms with E-state index in [2.05, 4.69) is 10.00 Å². The van der Waals surface area contributed by atoms with Crippen LogP contribution < -0.4 is 10.6 Å². The zero-order valence-electron chi connectivity index (χ0n) is 11.7. The third-order valence-corrected chi connectivity index (χ3v) is 3.56. The number of rotatable bonds is 4. The number of amides is 1. The highest BCUT2D eigenvalue weighted by Gasteiger charge is 2.25. The van der Waals surface area contributed by atoms with Gasteiger partial charge >= 0.3 is 0 Å². The van der Waals surface area contributed by atoms with Crippen molar-refractivity contribution in [2.45, 2.75) is 25.8 Å². The van der Waals surface area contributed by atoms with Crippen LogP contribution in [0.4, 0.5) is 5.69 Å². The predicted octanol–water partition coefficient (Wildman–Crippen LogP) is 0.196. The number of anilines is 1. The van der Waals surface area contributed by atoms with Crippen molar-refractivity contribution in [1.82, 2.24) is 14.7 Å². The molecule has 0 bridgehead atoms. The first-order valence-corrected chi connectivity index (χ1v) is 6.89. The van der Waals surface area contributed by atoms with Crippen LogP contribution in [-0.4, -0.2) is 52.8 Å². The monoisotopic (exact) mass is 265 g/mol. The van der Waals surface area contributed by atoms with Crippen molar-refractivity contribution in [3.8, 4) is 0 Å². The fraction of sp³-hybridized carbons (Fsp3) is 0.692. The predicted molar refractivity (Wildman–Crippen MR) is 74.9 cm³/mol. The van der Waals surface area contributed by atoms with Crippen molar-refractivity contribution >= 4 is 11.6 Å². The van der Waals surface area contributed by atoms with Crippen LogP contribution in [0.2, 0.25) is 0 Å². The maximum atomic E-state index is 12.1. The highest BCUT2D eigenvalue weighted by molar-refractivity contribution is 5.81. The van der Waals surface area contributed by atoms with E-state index in [9.17, 15) is 4.79 Å². The van der Waals surface area contributed by atoms with Crippen LogP contribution in [0.25, 0.3) is 0 Å². The van der Waals surface area contributed by atoms with Crippen molar-refractivity contribution in [1.29, 1.82) is 0 Å². The Morgan fingerprint density at radius 3 is 2.63 bits per heavy atom. The molecular formula is C13H23N5O. The van der Waals surface area contributed by atoms with E-state index in [1.54, 1.807) is 4.68 Å². The van der Waals surface area contributed by atoms with Crippen LogP contribution in [0.1, 0.15) is 19.8 Å². The minimum absolute atomic E-state index is 0.0905. The molecule has 2 rings (SSSR count). The molecule has 0 spiro atoms. The van der Waals surface area contributed by atoms with Gasteiger partial charge in [-0.25, -0.2) is 0 Å². The highest BCUT2D eigenvalue weighted by atomic mass is 16.2. The maximum absolute atomic E-state index is 12.1. The Hall–Kier alpha value is -1.56. The van der Waals surface area contributed by atoms with Gasteiger partial charge in [0.2, 0.25) is 5.91 Å². The standard InChI is InChI=1S/C13H23N5O/c1-3-4-12(14)13(19)18-7-5-17(6-8-18)11-9-15-16(2)10-11/h9-10,12H,3-8,14H2,1-2H3. The van der Waals surface area contributed by atoms with Crippen molar-refractivity contribution in [2.24, 2.45) is 12.8 Å². The molecule has 1 aliphatic heterocycles. The van der Waals surface area contributed by atoms with E-state index >= 15 is 0 Å². The topological polar surface area (TPSA) is 67.4 Å². The van der Waals surface area contributed by atoms with Gasteiger partial charge in [-0.15, -0.1) is 0 Å². The van der Waals surface area contributed by atoms with Crippen LogP contribution in [0.15, 0.2) is 12.4 Å². The van der Waals surface area contributed by atoms with Crippen LogP contribution in [0.5, 0.6) is 0 Å². The summed E-state index contributed by atoms with van der Waals surface area (Å²) in [6.45, 7) is 5.22. The Morgan fingerprint density at radius 2 is 2.11 bits per heavy atom. The zero-order valence-corrected chi connectivity index (χ0v) is 11.7. The molecule has 0 aliphatic carbocycles. The third-order valence-electron chi connectivity index (χ3n) is 3.56. The summed E-state index contributed by atoms with van der Waals surface area (Å²) in [6.07, 6.45) is 5.57. The molecule has 6 heteroatoms. The lowest BCUT2D eigenvalue weighted by molar-refractivity contribution is -0.133. The molecule has 6 nitrogen and oxygen atoms in total. The summed E-state index contributed by atoms with van der Waals surface area (Å²) in [6, 6.07) is -0.338. The molecule has 1 amide bonds. The Labute approximate surface area is 114 Å². The summed E-state index contributed by atoms with van der Waals surface area (Å²) >= 11 is 0.